The highest BCUT2D eigenvalue weighted by Gasteiger charge is 2.43. The topological polar surface area (TPSA) is 131 Å². The Hall–Kier alpha value is -3.10. The van der Waals surface area contributed by atoms with E-state index < -0.39 is 47.6 Å². The number of ether oxygens (including phenoxy) is 1. The van der Waals surface area contributed by atoms with Crippen LogP contribution >= 0.6 is 0 Å². The Bertz CT molecular complexity index is 978. The minimum absolute atomic E-state index is 0.0344. The van der Waals surface area contributed by atoms with Crippen LogP contribution in [0.25, 0.3) is 0 Å². The molecular weight excluding hydrogens is 484 g/mol. The van der Waals surface area contributed by atoms with Gasteiger partial charge in [0.25, 0.3) is 0 Å². The van der Waals surface area contributed by atoms with Gasteiger partial charge in [0.2, 0.25) is 17.7 Å². The zero-order valence-electron chi connectivity index (χ0n) is 24.1. The molecule has 0 radical (unpaired) electrons. The summed E-state index contributed by atoms with van der Waals surface area (Å²) < 4.78 is 5.35. The van der Waals surface area contributed by atoms with Crippen molar-refractivity contribution in [2.24, 2.45) is 5.73 Å². The molecular formula is C29H46N4O5. The predicted molar refractivity (Wildman–Crippen MR) is 147 cm³/mol. The first-order valence-corrected chi connectivity index (χ1v) is 13.6. The van der Waals surface area contributed by atoms with Gasteiger partial charge >= 0.3 is 6.09 Å². The Balaban J connectivity index is 2.55. The lowest BCUT2D eigenvalue weighted by molar-refractivity contribution is -0.150. The molecule has 0 aromatic heterocycles. The van der Waals surface area contributed by atoms with E-state index in [4.69, 9.17) is 10.5 Å². The van der Waals surface area contributed by atoms with E-state index in [2.05, 4.69) is 10.6 Å². The van der Waals surface area contributed by atoms with Gasteiger partial charge in [-0.25, -0.2) is 4.79 Å². The van der Waals surface area contributed by atoms with Crippen LogP contribution in [0.15, 0.2) is 24.3 Å². The zero-order valence-corrected chi connectivity index (χ0v) is 24.1. The molecule has 0 heterocycles. The predicted octanol–water partition coefficient (Wildman–Crippen LogP) is 4.27. The number of amides is 4. The first-order valence-electron chi connectivity index (χ1n) is 13.6. The van der Waals surface area contributed by atoms with Crippen LogP contribution in [0.3, 0.4) is 0 Å². The third-order valence-electron chi connectivity index (χ3n) is 7.00. The maximum absolute atomic E-state index is 14.2. The average Bonchev–Trinajstić information content (AvgIpc) is 2.81. The number of carbonyl (C=O) groups is 4. The summed E-state index contributed by atoms with van der Waals surface area (Å²) in [6.45, 7) is 12.7. The van der Waals surface area contributed by atoms with Gasteiger partial charge < -0.3 is 26.0 Å². The summed E-state index contributed by atoms with van der Waals surface area (Å²) in [6, 6.07) is 5.25. The highest BCUT2D eigenvalue weighted by Crippen LogP contribution is 2.33. The highest BCUT2D eigenvalue weighted by atomic mass is 16.6. The van der Waals surface area contributed by atoms with Crippen LogP contribution < -0.4 is 16.4 Å². The number of nitrogens with zero attached hydrogens (tertiary/aromatic N) is 1. The van der Waals surface area contributed by atoms with Crippen molar-refractivity contribution >= 4 is 23.8 Å². The molecule has 212 valence electrons. The number of aryl methyl sites for hydroxylation is 1. The van der Waals surface area contributed by atoms with Crippen molar-refractivity contribution < 1.29 is 23.9 Å². The molecule has 1 aromatic carbocycles. The van der Waals surface area contributed by atoms with E-state index in [1.165, 1.54) is 4.90 Å². The molecule has 38 heavy (non-hydrogen) atoms. The Labute approximate surface area is 227 Å². The molecule has 2 unspecified atom stereocenters. The van der Waals surface area contributed by atoms with Gasteiger partial charge in [0.15, 0.2) is 0 Å². The molecule has 2 rings (SSSR count). The van der Waals surface area contributed by atoms with Gasteiger partial charge in [-0.1, -0.05) is 56.0 Å². The van der Waals surface area contributed by atoms with Gasteiger partial charge in [0.1, 0.15) is 17.7 Å². The quantitative estimate of drug-likeness (QED) is 0.416. The van der Waals surface area contributed by atoms with Gasteiger partial charge in [-0.15, -0.1) is 0 Å². The van der Waals surface area contributed by atoms with Crippen molar-refractivity contribution in [1.82, 2.24) is 15.5 Å². The molecule has 9 heteroatoms. The molecule has 1 fully saturated rings. The fraction of sp³-hybridized carbons (Fsp3) is 0.655. The maximum atomic E-state index is 14.2. The number of primary amides is 1. The number of nitrogens with two attached hydrogens (primary N) is 1. The molecule has 0 saturated heterocycles. The van der Waals surface area contributed by atoms with Crippen LogP contribution in [-0.4, -0.2) is 51.9 Å². The lowest BCUT2D eigenvalue weighted by Crippen LogP contribution is -2.60. The van der Waals surface area contributed by atoms with Crippen LogP contribution in [0.4, 0.5) is 4.79 Å². The van der Waals surface area contributed by atoms with Gasteiger partial charge in [0.05, 0.1) is 6.42 Å². The Morgan fingerprint density at radius 1 is 1.03 bits per heavy atom. The van der Waals surface area contributed by atoms with E-state index in [0.717, 1.165) is 37.7 Å². The summed E-state index contributed by atoms with van der Waals surface area (Å²) in [6.07, 6.45) is 4.27. The molecule has 1 saturated carbocycles. The maximum Gasteiger partial charge on any atom is 0.408 e. The van der Waals surface area contributed by atoms with Crippen molar-refractivity contribution in [2.45, 2.75) is 123 Å². The van der Waals surface area contributed by atoms with Crippen LogP contribution in [0.5, 0.6) is 0 Å². The summed E-state index contributed by atoms with van der Waals surface area (Å²) >= 11 is 0. The molecule has 1 aliphatic rings. The second kappa shape index (κ2) is 13.1. The SMILES string of the molecule is CCC(C)(C)N(C(=O)C(CC(N)=O)NC(=O)OC(C)(C)C)C(C(=O)NC1CCCCC1)c1ccc(C)cc1. The highest BCUT2D eigenvalue weighted by molar-refractivity contribution is 5.95. The number of nitrogens with one attached hydrogen (secondary N) is 2. The standard InChI is InChI=1S/C29H46N4O5/c1-8-29(6,7)33(26(36)22(18-23(30)34)32-27(37)38-28(3,4)5)24(20-16-14-19(2)15-17-20)25(35)31-21-12-10-9-11-13-21/h14-17,21-22,24H,8-13,18H2,1-7H3,(H2,30,34)(H,31,35)(H,32,37). The van der Waals surface area contributed by atoms with E-state index in [-0.39, 0.29) is 11.9 Å². The Kier molecular flexibility index (Phi) is 10.7. The van der Waals surface area contributed by atoms with Crippen LogP contribution in [0.2, 0.25) is 0 Å². The monoisotopic (exact) mass is 530 g/mol. The van der Waals surface area contributed by atoms with Gasteiger partial charge in [0, 0.05) is 11.6 Å². The van der Waals surface area contributed by atoms with Crippen molar-refractivity contribution in [1.29, 1.82) is 0 Å². The zero-order chi connectivity index (χ0) is 28.7. The summed E-state index contributed by atoms with van der Waals surface area (Å²) in [4.78, 5) is 54.3. The van der Waals surface area contributed by atoms with Crippen molar-refractivity contribution in [3.8, 4) is 0 Å². The van der Waals surface area contributed by atoms with Crippen LogP contribution in [0, 0.1) is 6.92 Å². The van der Waals surface area contributed by atoms with E-state index in [9.17, 15) is 19.2 Å². The number of hydrogen-bond donors (Lipinski definition) is 3. The molecule has 0 spiro atoms. The second-order valence-electron chi connectivity index (χ2n) is 11.9. The van der Waals surface area contributed by atoms with Gasteiger partial charge in [-0.2, -0.15) is 0 Å². The fourth-order valence-corrected chi connectivity index (χ4v) is 4.66. The molecule has 1 aliphatic carbocycles. The first-order chi connectivity index (χ1) is 17.6. The third-order valence-corrected chi connectivity index (χ3v) is 7.00. The lowest BCUT2D eigenvalue weighted by Gasteiger charge is -2.45. The average molecular weight is 531 g/mol. The van der Waals surface area contributed by atoms with Crippen molar-refractivity contribution in [2.75, 3.05) is 0 Å². The number of benzene rings is 1. The summed E-state index contributed by atoms with van der Waals surface area (Å²) in [5.41, 5.74) is 5.54. The molecule has 4 N–H and O–H groups in total. The van der Waals surface area contributed by atoms with Crippen LogP contribution in [-0.2, 0) is 19.1 Å². The summed E-state index contributed by atoms with van der Waals surface area (Å²) in [5, 5.41) is 5.71. The van der Waals surface area contributed by atoms with E-state index in [0.29, 0.717) is 12.0 Å². The summed E-state index contributed by atoms with van der Waals surface area (Å²) in [7, 11) is 0. The Morgan fingerprint density at radius 3 is 2.11 bits per heavy atom. The molecule has 4 amide bonds. The molecule has 2 atom stereocenters. The minimum Gasteiger partial charge on any atom is -0.444 e. The Morgan fingerprint density at radius 2 is 1.61 bits per heavy atom. The number of alkyl carbamates (subject to hydrolysis) is 1. The van der Waals surface area contributed by atoms with E-state index >= 15 is 0 Å². The molecule has 0 aliphatic heterocycles. The number of carbonyl (C=O) groups excluding carboxylic acids is 4. The van der Waals surface area contributed by atoms with Crippen LogP contribution in [0.1, 0.15) is 104 Å². The number of hydrogen-bond acceptors (Lipinski definition) is 5. The largest absolute Gasteiger partial charge is 0.444 e. The third kappa shape index (κ3) is 9.03. The second-order valence-corrected chi connectivity index (χ2v) is 11.9. The van der Waals surface area contributed by atoms with Gasteiger partial charge in [-0.3, -0.25) is 14.4 Å². The first kappa shape index (κ1) is 31.1. The number of rotatable bonds is 10. The molecule has 9 nitrogen and oxygen atoms in total. The van der Waals surface area contributed by atoms with E-state index in [1.807, 2.05) is 52.0 Å². The molecule has 0 bridgehead atoms. The van der Waals surface area contributed by atoms with Crippen molar-refractivity contribution in [3.63, 3.8) is 0 Å². The minimum atomic E-state index is -1.30. The fourth-order valence-electron chi connectivity index (χ4n) is 4.66. The summed E-state index contributed by atoms with van der Waals surface area (Å²) in [5.74, 6) is -1.62. The van der Waals surface area contributed by atoms with E-state index in [1.54, 1.807) is 20.8 Å². The van der Waals surface area contributed by atoms with Gasteiger partial charge in [-0.05, 0) is 66.4 Å². The normalized spacial score (nSPS) is 16.2. The van der Waals surface area contributed by atoms with Crippen molar-refractivity contribution in [3.05, 3.63) is 35.4 Å². The smallest absolute Gasteiger partial charge is 0.408 e. The lowest BCUT2D eigenvalue weighted by atomic mass is 9.90. The molecule has 1 aromatic rings.